The third-order valence-electron chi connectivity index (χ3n) is 4.22. The summed E-state index contributed by atoms with van der Waals surface area (Å²) in [6, 6.07) is 8.51. The average Bonchev–Trinajstić information content (AvgIpc) is 2.42. The SMILES string of the molecule is CNCCC(c1ccc(Cl)cc1)C1CCCCC1. The van der Waals surface area contributed by atoms with Crippen molar-refractivity contribution in [2.45, 2.75) is 44.4 Å². The van der Waals surface area contributed by atoms with E-state index in [1.54, 1.807) is 0 Å². The van der Waals surface area contributed by atoms with Gasteiger partial charge >= 0.3 is 0 Å². The minimum atomic E-state index is 0.704. The molecule has 18 heavy (non-hydrogen) atoms. The molecule has 1 saturated carbocycles. The van der Waals surface area contributed by atoms with E-state index in [1.165, 1.54) is 44.1 Å². The number of halogens is 1. The van der Waals surface area contributed by atoms with Gasteiger partial charge < -0.3 is 5.32 Å². The molecule has 100 valence electrons. The molecular weight excluding hydrogens is 242 g/mol. The van der Waals surface area contributed by atoms with Crippen LogP contribution in [0.2, 0.25) is 5.02 Å². The Labute approximate surface area is 116 Å². The highest BCUT2D eigenvalue weighted by atomic mass is 35.5. The fourth-order valence-electron chi connectivity index (χ4n) is 3.22. The lowest BCUT2D eigenvalue weighted by Gasteiger charge is -2.31. The van der Waals surface area contributed by atoms with E-state index in [1.807, 2.05) is 19.2 Å². The highest BCUT2D eigenvalue weighted by Crippen LogP contribution is 2.38. The fraction of sp³-hybridized carbons (Fsp3) is 0.625. The van der Waals surface area contributed by atoms with Crippen LogP contribution in [-0.4, -0.2) is 13.6 Å². The van der Waals surface area contributed by atoms with Crippen molar-refractivity contribution in [2.75, 3.05) is 13.6 Å². The van der Waals surface area contributed by atoms with Crippen LogP contribution in [0.25, 0.3) is 0 Å². The van der Waals surface area contributed by atoms with Crippen LogP contribution >= 0.6 is 11.6 Å². The zero-order valence-electron chi connectivity index (χ0n) is 11.3. The number of nitrogens with one attached hydrogen (secondary N) is 1. The van der Waals surface area contributed by atoms with E-state index in [0.29, 0.717) is 5.92 Å². The van der Waals surface area contributed by atoms with Crippen molar-refractivity contribution in [1.29, 1.82) is 0 Å². The summed E-state index contributed by atoms with van der Waals surface area (Å²) in [4.78, 5) is 0. The third kappa shape index (κ3) is 3.73. The Bertz CT molecular complexity index is 341. The molecule has 0 aliphatic heterocycles. The molecule has 1 nitrogen and oxygen atoms in total. The molecule has 0 amide bonds. The summed E-state index contributed by atoms with van der Waals surface area (Å²) in [7, 11) is 2.04. The van der Waals surface area contributed by atoms with Crippen LogP contribution in [0.15, 0.2) is 24.3 Å². The number of benzene rings is 1. The number of rotatable bonds is 5. The summed E-state index contributed by atoms with van der Waals surface area (Å²) in [5, 5.41) is 4.13. The Kier molecular flexibility index (Phi) is 5.52. The van der Waals surface area contributed by atoms with E-state index in [-0.39, 0.29) is 0 Å². The standard InChI is InChI=1S/C16H24ClN/c1-18-12-11-16(13-5-3-2-4-6-13)14-7-9-15(17)10-8-14/h7-10,13,16,18H,2-6,11-12H2,1H3. The molecule has 1 aromatic carbocycles. The van der Waals surface area contributed by atoms with Crippen molar-refractivity contribution < 1.29 is 0 Å². The normalized spacial score (nSPS) is 18.8. The van der Waals surface area contributed by atoms with Gasteiger partial charge in [0.15, 0.2) is 0 Å². The predicted octanol–water partition coefficient (Wildman–Crippen LogP) is 4.61. The Morgan fingerprint density at radius 1 is 1.17 bits per heavy atom. The Morgan fingerprint density at radius 3 is 2.44 bits per heavy atom. The molecule has 0 spiro atoms. The van der Waals surface area contributed by atoms with Crippen molar-refractivity contribution in [1.82, 2.24) is 5.32 Å². The van der Waals surface area contributed by atoms with Gasteiger partial charge in [-0.3, -0.25) is 0 Å². The molecule has 0 aromatic heterocycles. The minimum absolute atomic E-state index is 0.704. The third-order valence-corrected chi connectivity index (χ3v) is 4.47. The maximum atomic E-state index is 5.99. The molecule has 1 atom stereocenters. The average molecular weight is 266 g/mol. The van der Waals surface area contributed by atoms with Gasteiger partial charge in [-0.15, -0.1) is 0 Å². The zero-order valence-corrected chi connectivity index (χ0v) is 12.0. The first kappa shape index (κ1) is 13.9. The Hall–Kier alpha value is -0.530. The van der Waals surface area contributed by atoms with E-state index >= 15 is 0 Å². The summed E-state index contributed by atoms with van der Waals surface area (Å²) < 4.78 is 0. The molecule has 0 bridgehead atoms. The van der Waals surface area contributed by atoms with Crippen LogP contribution in [-0.2, 0) is 0 Å². The summed E-state index contributed by atoms with van der Waals surface area (Å²) in [6.07, 6.45) is 8.29. The fourth-order valence-corrected chi connectivity index (χ4v) is 3.35. The molecule has 1 unspecified atom stereocenters. The smallest absolute Gasteiger partial charge is 0.0406 e. The van der Waals surface area contributed by atoms with Crippen LogP contribution in [0.4, 0.5) is 0 Å². The molecule has 0 heterocycles. The van der Waals surface area contributed by atoms with Gasteiger partial charge in [-0.25, -0.2) is 0 Å². The van der Waals surface area contributed by atoms with Gasteiger partial charge in [0.1, 0.15) is 0 Å². The van der Waals surface area contributed by atoms with Crippen LogP contribution in [0.3, 0.4) is 0 Å². The van der Waals surface area contributed by atoms with Crippen molar-refractivity contribution >= 4 is 11.6 Å². The molecule has 2 rings (SSSR count). The highest BCUT2D eigenvalue weighted by Gasteiger charge is 2.24. The van der Waals surface area contributed by atoms with Crippen molar-refractivity contribution in [3.05, 3.63) is 34.9 Å². The number of hydrogen-bond donors (Lipinski definition) is 1. The second kappa shape index (κ2) is 7.16. The summed E-state index contributed by atoms with van der Waals surface area (Å²) in [6.45, 7) is 1.10. The largest absolute Gasteiger partial charge is 0.320 e. The van der Waals surface area contributed by atoms with Gasteiger partial charge in [-0.05, 0) is 62.4 Å². The topological polar surface area (TPSA) is 12.0 Å². The molecule has 0 radical (unpaired) electrons. The van der Waals surface area contributed by atoms with Crippen LogP contribution in [0.5, 0.6) is 0 Å². The van der Waals surface area contributed by atoms with Gasteiger partial charge in [0.2, 0.25) is 0 Å². The van der Waals surface area contributed by atoms with E-state index < -0.39 is 0 Å². The van der Waals surface area contributed by atoms with Gasteiger partial charge in [-0.2, -0.15) is 0 Å². The van der Waals surface area contributed by atoms with Gasteiger partial charge in [0.25, 0.3) is 0 Å². The second-order valence-corrected chi connectivity index (χ2v) is 5.88. The summed E-state index contributed by atoms with van der Waals surface area (Å²) >= 11 is 5.99. The quantitative estimate of drug-likeness (QED) is 0.820. The first-order valence-corrected chi connectivity index (χ1v) is 7.59. The lowest BCUT2D eigenvalue weighted by atomic mass is 9.75. The maximum absolute atomic E-state index is 5.99. The van der Waals surface area contributed by atoms with Crippen LogP contribution in [0, 0.1) is 5.92 Å². The molecule has 0 saturated heterocycles. The first-order valence-electron chi connectivity index (χ1n) is 7.21. The van der Waals surface area contributed by atoms with E-state index in [0.717, 1.165) is 17.5 Å². The monoisotopic (exact) mass is 265 g/mol. The van der Waals surface area contributed by atoms with Crippen LogP contribution < -0.4 is 5.32 Å². The molecular formula is C16H24ClN. The first-order chi connectivity index (χ1) is 8.81. The molecule has 1 N–H and O–H groups in total. The van der Waals surface area contributed by atoms with E-state index in [4.69, 9.17) is 11.6 Å². The summed E-state index contributed by atoms with van der Waals surface area (Å²) in [5.41, 5.74) is 1.47. The second-order valence-electron chi connectivity index (χ2n) is 5.45. The highest BCUT2D eigenvalue weighted by molar-refractivity contribution is 6.30. The van der Waals surface area contributed by atoms with Crippen molar-refractivity contribution in [3.63, 3.8) is 0 Å². The van der Waals surface area contributed by atoms with Gasteiger partial charge in [0, 0.05) is 5.02 Å². The maximum Gasteiger partial charge on any atom is 0.0406 e. The van der Waals surface area contributed by atoms with Gasteiger partial charge in [0.05, 0.1) is 0 Å². The Balaban J connectivity index is 2.10. The molecule has 1 fully saturated rings. The van der Waals surface area contributed by atoms with E-state index in [2.05, 4.69) is 17.4 Å². The number of hydrogen-bond acceptors (Lipinski definition) is 1. The summed E-state index contributed by atoms with van der Waals surface area (Å²) in [5.74, 6) is 1.57. The predicted molar refractivity (Wildman–Crippen MR) is 79.3 cm³/mol. The zero-order chi connectivity index (χ0) is 12.8. The molecule has 2 heteroatoms. The van der Waals surface area contributed by atoms with Gasteiger partial charge in [-0.1, -0.05) is 43.0 Å². The lowest BCUT2D eigenvalue weighted by molar-refractivity contribution is 0.293. The molecule has 1 aliphatic rings. The van der Waals surface area contributed by atoms with Crippen molar-refractivity contribution in [2.24, 2.45) is 5.92 Å². The Morgan fingerprint density at radius 2 is 1.83 bits per heavy atom. The van der Waals surface area contributed by atoms with Crippen LogP contribution in [0.1, 0.15) is 50.0 Å². The molecule has 1 aliphatic carbocycles. The minimum Gasteiger partial charge on any atom is -0.320 e. The van der Waals surface area contributed by atoms with Crippen molar-refractivity contribution in [3.8, 4) is 0 Å². The molecule has 1 aromatic rings. The lowest BCUT2D eigenvalue weighted by Crippen LogP contribution is -2.20. The van der Waals surface area contributed by atoms with E-state index in [9.17, 15) is 0 Å².